The Morgan fingerprint density at radius 3 is 2.94 bits per heavy atom. The molecule has 17 heavy (non-hydrogen) atoms. The van der Waals surface area contributed by atoms with Crippen LogP contribution < -0.4 is 5.32 Å². The lowest BCUT2D eigenvalue weighted by atomic mass is 9.91. The number of carbonyl (C=O) groups excluding carboxylic acids is 1. The van der Waals surface area contributed by atoms with Gasteiger partial charge in [-0.1, -0.05) is 22.0 Å². The number of rotatable bonds is 2. The van der Waals surface area contributed by atoms with Gasteiger partial charge in [-0.2, -0.15) is 0 Å². The van der Waals surface area contributed by atoms with Crippen LogP contribution in [-0.4, -0.2) is 26.2 Å². The Morgan fingerprint density at radius 2 is 2.35 bits per heavy atom. The van der Waals surface area contributed by atoms with Crippen LogP contribution in [0.3, 0.4) is 0 Å². The second-order valence-corrected chi connectivity index (χ2v) is 5.13. The van der Waals surface area contributed by atoms with Crippen LogP contribution in [0.25, 0.3) is 0 Å². The van der Waals surface area contributed by atoms with Gasteiger partial charge in [0.2, 0.25) is 0 Å². The summed E-state index contributed by atoms with van der Waals surface area (Å²) in [5.41, 5.74) is 1.86. The van der Waals surface area contributed by atoms with Crippen molar-refractivity contribution in [2.45, 2.75) is 18.8 Å². The molecule has 0 spiro atoms. The smallest absolute Gasteiger partial charge is 0.337 e. The van der Waals surface area contributed by atoms with Crippen molar-refractivity contribution in [3.8, 4) is 0 Å². The maximum Gasteiger partial charge on any atom is 0.337 e. The van der Waals surface area contributed by atoms with Crippen molar-refractivity contribution in [3.63, 3.8) is 0 Å². The molecule has 0 aromatic heterocycles. The highest BCUT2D eigenvalue weighted by atomic mass is 79.9. The van der Waals surface area contributed by atoms with E-state index in [0.717, 1.165) is 17.6 Å². The minimum atomic E-state index is -0.293. The Labute approximate surface area is 110 Å². The van der Waals surface area contributed by atoms with E-state index in [1.54, 1.807) is 0 Å². The lowest BCUT2D eigenvalue weighted by Crippen LogP contribution is -2.28. The number of esters is 1. The van der Waals surface area contributed by atoms with Crippen LogP contribution in [0.5, 0.6) is 0 Å². The van der Waals surface area contributed by atoms with Gasteiger partial charge >= 0.3 is 5.97 Å². The van der Waals surface area contributed by atoms with Crippen LogP contribution >= 0.6 is 15.9 Å². The highest BCUT2D eigenvalue weighted by Crippen LogP contribution is 2.30. The first-order valence-corrected chi connectivity index (χ1v) is 6.60. The van der Waals surface area contributed by atoms with E-state index in [0.29, 0.717) is 11.5 Å². The Kier molecular flexibility index (Phi) is 4.18. The zero-order valence-electron chi connectivity index (χ0n) is 9.83. The quantitative estimate of drug-likeness (QED) is 0.853. The molecule has 1 aliphatic rings. The summed E-state index contributed by atoms with van der Waals surface area (Å²) in [6, 6.07) is 5.70. The van der Waals surface area contributed by atoms with E-state index in [-0.39, 0.29) is 5.97 Å². The second kappa shape index (κ2) is 5.65. The molecule has 1 fully saturated rings. The standard InChI is InChI=1S/C13H16BrNO2/c1-17-13(16)9-4-5-11(12(14)7-9)10-3-2-6-15-8-10/h4-5,7,10,15H,2-3,6,8H2,1H3/t10-/m0/s1. The van der Waals surface area contributed by atoms with Crippen molar-refractivity contribution < 1.29 is 9.53 Å². The topological polar surface area (TPSA) is 38.3 Å². The number of hydrogen-bond donors (Lipinski definition) is 1. The molecule has 1 aliphatic heterocycles. The number of nitrogens with one attached hydrogen (secondary N) is 1. The van der Waals surface area contributed by atoms with Crippen LogP contribution in [0.1, 0.15) is 34.7 Å². The van der Waals surface area contributed by atoms with E-state index in [4.69, 9.17) is 4.74 Å². The molecular formula is C13H16BrNO2. The van der Waals surface area contributed by atoms with E-state index in [1.807, 2.05) is 18.2 Å². The molecule has 1 N–H and O–H groups in total. The lowest BCUT2D eigenvalue weighted by Gasteiger charge is -2.24. The molecule has 0 amide bonds. The first kappa shape index (κ1) is 12.6. The molecule has 1 saturated heterocycles. The van der Waals surface area contributed by atoms with Crippen molar-refractivity contribution in [1.82, 2.24) is 5.32 Å². The third-order valence-corrected chi connectivity index (χ3v) is 3.85. The molecule has 1 heterocycles. The summed E-state index contributed by atoms with van der Waals surface area (Å²) in [4.78, 5) is 11.4. The molecule has 1 atom stereocenters. The fourth-order valence-electron chi connectivity index (χ4n) is 2.22. The Bertz CT molecular complexity index is 414. The maximum absolute atomic E-state index is 11.4. The van der Waals surface area contributed by atoms with Gasteiger partial charge in [0.25, 0.3) is 0 Å². The first-order chi connectivity index (χ1) is 8.22. The normalized spacial score (nSPS) is 20.0. The van der Waals surface area contributed by atoms with Crippen molar-refractivity contribution in [2.75, 3.05) is 20.2 Å². The summed E-state index contributed by atoms with van der Waals surface area (Å²) in [7, 11) is 1.40. The Morgan fingerprint density at radius 1 is 1.53 bits per heavy atom. The SMILES string of the molecule is COC(=O)c1ccc([C@H]2CCCNC2)c(Br)c1. The summed E-state index contributed by atoms with van der Waals surface area (Å²) in [6.45, 7) is 2.12. The number of carbonyl (C=O) groups is 1. The minimum Gasteiger partial charge on any atom is -0.465 e. The second-order valence-electron chi connectivity index (χ2n) is 4.27. The van der Waals surface area contributed by atoms with Gasteiger partial charge < -0.3 is 10.1 Å². The molecule has 0 bridgehead atoms. The van der Waals surface area contributed by atoms with Crippen LogP contribution in [0.2, 0.25) is 0 Å². The number of methoxy groups -OCH3 is 1. The van der Waals surface area contributed by atoms with Gasteiger partial charge in [0.05, 0.1) is 12.7 Å². The number of benzene rings is 1. The molecule has 1 aromatic carbocycles. The van der Waals surface area contributed by atoms with Gasteiger partial charge in [-0.3, -0.25) is 0 Å². The number of ether oxygens (including phenoxy) is 1. The summed E-state index contributed by atoms with van der Waals surface area (Å²) >= 11 is 3.54. The molecular weight excluding hydrogens is 282 g/mol. The largest absolute Gasteiger partial charge is 0.465 e. The van der Waals surface area contributed by atoms with Crippen molar-refractivity contribution >= 4 is 21.9 Å². The summed E-state index contributed by atoms with van der Waals surface area (Å²) in [6.07, 6.45) is 2.40. The molecule has 92 valence electrons. The van der Waals surface area contributed by atoms with E-state index in [1.165, 1.54) is 25.5 Å². The minimum absolute atomic E-state index is 0.293. The monoisotopic (exact) mass is 297 g/mol. The van der Waals surface area contributed by atoms with Gasteiger partial charge in [-0.15, -0.1) is 0 Å². The fourth-order valence-corrected chi connectivity index (χ4v) is 2.92. The van der Waals surface area contributed by atoms with E-state index in [2.05, 4.69) is 21.2 Å². The van der Waals surface area contributed by atoms with Gasteiger partial charge in [-0.25, -0.2) is 4.79 Å². The van der Waals surface area contributed by atoms with Gasteiger partial charge in [-0.05, 0) is 43.0 Å². The summed E-state index contributed by atoms with van der Waals surface area (Å²) in [5, 5.41) is 3.40. The predicted molar refractivity (Wildman–Crippen MR) is 70.3 cm³/mol. The van der Waals surface area contributed by atoms with Gasteiger partial charge in [0.1, 0.15) is 0 Å². The van der Waals surface area contributed by atoms with E-state index in [9.17, 15) is 4.79 Å². The first-order valence-electron chi connectivity index (χ1n) is 5.81. The van der Waals surface area contributed by atoms with Gasteiger partial charge in [0.15, 0.2) is 0 Å². The van der Waals surface area contributed by atoms with Crippen molar-refractivity contribution in [3.05, 3.63) is 33.8 Å². The lowest BCUT2D eigenvalue weighted by molar-refractivity contribution is 0.0600. The zero-order valence-corrected chi connectivity index (χ0v) is 11.4. The molecule has 3 nitrogen and oxygen atoms in total. The van der Waals surface area contributed by atoms with Crippen molar-refractivity contribution in [1.29, 1.82) is 0 Å². The number of halogens is 1. The van der Waals surface area contributed by atoms with Crippen LogP contribution in [-0.2, 0) is 4.74 Å². The molecule has 4 heteroatoms. The fraction of sp³-hybridized carbons (Fsp3) is 0.462. The Hall–Kier alpha value is -0.870. The van der Waals surface area contributed by atoms with Crippen LogP contribution in [0.4, 0.5) is 0 Å². The Balaban J connectivity index is 2.21. The molecule has 0 radical (unpaired) electrons. The maximum atomic E-state index is 11.4. The van der Waals surface area contributed by atoms with Crippen LogP contribution in [0.15, 0.2) is 22.7 Å². The van der Waals surface area contributed by atoms with Crippen molar-refractivity contribution in [2.24, 2.45) is 0 Å². The average Bonchev–Trinajstić information content (AvgIpc) is 2.38. The third-order valence-electron chi connectivity index (χ3n) is 3.16. The highest BCUT2D eigenvalue weighted by molar-refractivity contribution is 9.10. The average molecular weight is 298 g/mol. The number of piperidine rings is 1. The summed E-state index contributed by atoms with van der Waals surface area (Å²) < 4.78 is 5.70. The third kappa shape index (κ3) is 2.87. The molecule has 2 rings (SSSR count). The molecule has 0 saturated carbocycles. The van der Waals surface area contributed by atoms with E-state index < -0.39 is 0 Å². The summed E-state index contributed by atoms with van der Waals surface area (Å²) in [5.74, 6) is 0.240. The predicted octanol–water partition coefficient (Wildman–Crippen LogP) is 2.70. The highest BCUT2D eigenvalue weighted by Gasteiger charge is 2.18. The molecule has 0 aliphatic carbocycles. The number of hydrogen-bond acceptors (Lipinski definition) is 3. The zero-order chi connectivity index (χ0) is 12.3. The van der Waals surface area contributed by atoms with Crippen LogP contribution in [0, 0.1) is 0 Å². The molecule has 1 aromatic rings. The van der Waals surface area contributed by atoms with E-state index >= 15 is 0 Å². The molecule has 0 unspecified atom stereocenters. The van der Waals surface area contributed by atoms with Gasteiger partial charge in [0, 0.05) is 11.0 Å².